The van der Waals surface area contributed by atoms with Gasteiger partial charge in [-0.05, 0) is 42.0 Å². The van der Waals surface area contributed by atoms with E-state index < -0.39 is 22.5 Å². The lowest BCUT2D eigenvalue weighted by Crippen LogP contribution is -2.41. The van der Waals surface area contributed by atoms with Gasteiger partial charge in [-0.25, -0.2) is 8.42 Å². The Hall–Kier alpha value is -1.90. The molecule has 10 heteroatoms. The molecule has 0 aliphatic heterocycles. The highest BCUT2D eigenvalue weighted by atomic mass is 35.5. The standard InChI is InChI=1S/C23H21Cl3N2O3S2/c24-19-10-6-11-20(25)18(19)16-32-14-13-27-23(29)15-28(22-12-5-4-9-21(22)26)33(30,31)17-7-2-1-3-8-17/h1-12H,13-16H2,(H,27,29). The van der Waals surface area contributed by atoms with E-state index in [4.69, 9.17) is 34.8 Å². The van der Waals surface area contributed by atoms with Gasteiger partial charge in [0.25, 0.3) is 10.0 Å². The number of amides is 1. The van der Waals surface area contributed by atoms with Crippen LogP contribution in [0.2, 0.25) is 15.1 Å². The van der Waals surface area contributed by atoms with Crippen molar-refractivity contribution in [2.45, 2.75) is 10.6 Å². The van der Waals surface area contributed by atoms with Gasteiger partial charge in [-0.15, -0.1) is 0 Å². The molecule has 0 aliphatic rings. The first-order valence-electron chi connectivity index (χ1n) is 9.90. The second kappa shape index (κ2) is 12.0. The molecular weight excluding hydrogens is 523 g/mol. The van der Waals surface area contributed by atoms with Gasteiger partial charge < -0.3 is 5.32 Å². The molecule has 0 fully saturated rings. The van der Waals surface area contributed by atoms with Crippen LogP contribution in [0.1, 0.15) is 5.56 Å². The third-order valence-corrected chi connectivity index (χ3v) is 8.40. The molecule has 0 radical (unpaired) electrons. The van der Waals surface area contributed by atoms with Crippen molar-refractivity contribution in [2.24, 2.45) is 0 Å². The first-order chi connectivity index (χ1) is 15.8. The topological polar surface area (TPSA) is 66.5 Å². The molecule has 3 aromatic rings. The maximum Gasteiger partial charge on any atom is 0.264 e. The fourth-order valence-electron chi connectivity index (χ4n) is 2.97. The van der Waals surface area contributed by atoms with Crippen LogP contribution in [0.25, 0.3) is 0 Å². The van der Waals surface area contributed by atoms with Gasteiger partial charge in [0.1, 0.15) is 6.54 Å². The summed E-state index contributed by atoms with van der Waals surface area (Å²) < 4.78 is 27.6. The summed E-state index contributed by atoms with van der Waals surface area (Å²) in [5.74, 6) is 0.763. The maximum atomic E-state index is 13.3. The van der Waals surface area contributed by atoms with E-state index in [-0.39, 0.29) is 15.6 Å². The van der Waals surface area contributed by atoms with Gasteiger partial charge in [0.05, 0.1) is 15.6 Å². The molecule has 0 aliphatic carbocycles. The van der Waals surface area contributed by atoms with Gasteiger partial charge in [0.2, 0.25) is 5.91 Å². The molecule has 0 saturated carbocycles. The number of para-hydroxylation sites is 1. The molecular formula is C23H21Cl3N2O3S2. The Labute approximate surface area is 213 Å². The summed E-state index contributed by atoms with van der Waals surface area (Å²) in [6, 6.07) is 19.8. The van der Waals surface area contributed by atoms with Crippen LogP contribution in [0, 0.1) is 0 Å². The lowest BCUT2D eigenvalue weighted by molar-refractivity contribution is -0.119. The predicted octanol–water partition coefficient (Wildman–Crippen LogP) is 5.89. The van der Waals surface area contributed by atoms with E-state index in [0.717, 1.165) is 9.87 Å². The number of sulfonamides is 1. The number of nitrogens with one attached hydrogen (secondary N) is 1. The Morgan fingerprint density at radius 1 is 0.848 bits per heavy atom. The number of halogens is 3. The Morgan fingerprint density at radius 3 is 2.12 bits per heavy atom. The molecule has 0 unspecified atom stereocenters. The molecule has 0 heterocycles. The highest BCUT2D eigenvalue weighted by Crippen LogP contribution is 2.30. The molecule has 1 N–H and O–H groups in total. The minimum absolute atomic E-state index is 0.0740. The SMILES string of the molecule is O=C(CN(c1ccccc1Cl)S(=O)(=O)c1ccccc1)NCCSCc1c(Cl)cccc1Cl. The van der Waals surface area contributed by atoms with Crippen molar-refractivity contribution in [1.29, 1.82) is 0 Å². The van der Waals surface area contributed by atoms with Crippen LogP contribution in [0.15, 0.2) is 77.7 Å². The van der Waals surface area contributed by atoms with Gasteiger partial charge in [0.15, 0.2) is 0 Å². The molecule has 0 spiro atoms. The van der Waals surface area contributed by atoms with Gasteiger partial charge in [-0.3, -0.25) is 9.10 Å². The Morgan fingerprint density at radius 2 is 1.45 bits per heavy atom. The number of carbonyl (C=O) groups excluding carboxylic acids is 1. The molecule has 3 rings (SSSR count). The first-order valence-corrected chi connectivity index (χ1v) is 13.6. The van der Waals surface area contributed by atoms with E-state index in [1.165, 1.54) is 12.1 Å². The van der Waals surface area contributed by atoms with Crippen molar-refractivity contribution < 1.29 is 13.2 Å². The fourth-order valence-corrected chi connectivity index (χ4v) is 6.31. The minimum atomic E-state index is -4.00. The molecule has 0 saturated heterocycles. The van der Waals surface area contributed by atoms with Crippen LogP contribution in [0.3, 0.4) is 0 Å². The summed E-state index contributed by atoms with van der Waals surface area (Å²) in [7, 11) is -4.00. The molecule has 3 aromatic carbocycles. The zero-order valence-electron chi connectivity index (χ0n) is 17.4. The monoisotopic (exact) mass is 542 g/mol. The lowest BCUT2D eigenvalue weighted by atomic mass is 10.2. The number of hydrogen-bond acceptors (Lipinski definition) is 4. The lowest BCUT2D eigenvalue weighted by Gasteiger charge is -2.25. The first kappa shape index (κ1) is 25.7. The van der Waals surface area contributed by atoms with E-state index >= 15 is 0 Å². The summed E-state index contributed by atoms with van der Waals surface area (Å²) in [6.45, 7) is -0.0463. The summed E-state index contributed by atoms with van der Waals surface area (Å²) >= 11 is 20.2. The van der Waals surface area contributed by atoms with Crippen molar-refractivity contribution >= 4 is 68.2 Å². The van der Waals surface area contributed by atoms with E-state index in [1.54, 1.807) is 72.4 Å². The number of carbonyl (C=O) groups is 1. The maximum absolute atomic E-state index is 13.3. The van der Waals surface area contributed by atoms with Crippen LogP contribution in [-0.4, -0.2) is 33.2 Å². The number of anilines is 1. The zero-order valence-corrected chi connectivity index (χ0v) is 21.3. The summed E-state index contributed by atoms with van der Waals surface area (Å²) in [5, 5.41) is 4.20. The Kier molecular flexibility index (Phi) is 9.35. The van der Waals surface area contributed by atoms with Crippen LogP contribution in [0.5, 0.6) is 0 Å². The normalized spacial score (nSPS) is 11.2. The molecule has 0 atom stereocenters. The number of rotatable bonds is 10. The summed E-state index contributed by atoms with van der Waals surface area (Å²) in [6.07, 6.45) is 0. The predicted molar refractivity (Wildman–Crippen MR) is 138 cm³/mol. The second-order valence-corrected chi connectivity index (χ2v) is 11.1. The zero-order chi connectivity index (χ0) is 23.8. The van der Waals surface area contributed by atoms with Crippen molar-refractivity contribution in [1.82, 2.24) is 5.32 Å². The summed E-state index contributed by atoms with van der Waals surface area (Å²) in [5.41, 5.74) is 1.08. The molecule has 174 valence electrons. The van der Waals surface area contributed by atoms with Gasteiger partial charge in [-0.1, -0.05) is 71.2 Å². The smallest absolute Gasteiger partial charge is 0.264 e. The van der Waals surface area contributed by atoms with Crippen molar-refractivity contribution in [2.75, 3.05) is 23.1 Å². The molecule has 0 bridgehead atoms. The quantitative estimate of drug-likeness (QED) is 0.324. The fraction of sp³-hybridized carbons (Fsp3) is 0.174. The summed E-state index contributed by atoms with van der Waals surface area (Å²) in [4.78, 5) is 12.7. The number of thioether (sulfide) groups is 1. The highest BCUT2D eigenvalue weighted by molar-refractivity contribution is 7.98. The van der Waals surface area contributed by atoms with E-state index in [9.17, 15) is 13.2 Å². The minimum Gasteiger partial charge on any atom is -0.354 e. The van der Waals surface area contributed by atoms with Gasteiger partial charge >= 0.3 is 0 Å². The van der Waals surface area contributed by atoms with Crippen LogP contribution >= 0.6 is 46.6 Å². The van der Waals surface area contributed by atoms with E-state index in [1.807, 2.05) is 0 Å². The molecule has 1 amide bonds. The third kappa shape index (κ3) is 6.80. The van der Waals surface area contributed by atoms with E-state index in [2.05, 4.69) is 5.32 Å². The van der Waals surface area contributed by atoms with Crippen LogP contribution < -0.4 is 9.62 Å². The highest BCUT2D eigenvalue weighted by Gasteiger charge is 2.28. The van der Waals surface area contributed by atoms with Crippen molar-refractivity contribution in [3.05, 3.63) is 93.4 Å². The largest absolute Gasteiger partial charge is 0.354 e. The third-order valence-electron chi connectivity index (χ3n) is 4.62. The average molecular weight is 544 g/mol. The average Bonchev–Trinajstić information content (AvgIpc) is 2.80. The Balaban J connectivity index is 1.64. The van der Waals surface area contributed by atoms with Gasteiger partial charge in [0, 0.05) is 28.1 Å². The molecule has 33 heavy (non-hydrogen) atoms. The van der Waals surface area contributed by atoms with E-state index in [0.29, 0.717) is 28.1 Å². The number of hydrogen-bond donors (Lipinski definition) is 1. The number of benzene rings is 3. The van der Waals surface area contributed by atoms with Crippen molar-refractivity contribution in [3.8, 4) is 0 Å². The Bertz CT molecular complexity index is 1190. The second-order valence-electron chi connectivity index (χ2n) is 6.88. The van der Waals surface area contributed by atoms with Crippen molar-refractivity contribution in [3.63, 3.8) is 0 Å². The van der Waals surface area contributed by atoms with Crippen LogP contribution in [0.4, 0.5) is 5.69 Å². The van der Waals surface area contributed by atoms with Crippen LogP contribution in [-0.2, 0) is 20.6 Å². The number of nitrogens with zero attached hydrogens (tertiary/aromatic N) is 1. The molecule has 0 aromatic heterocycles. The van der Waals surface area contributed by atoms with Gasteiger partial charge in [-0.2, -0.15) is 11.8 Å². The molecule has 5 nitrogen and oxygen atoms in total.